The van der Waals surface area contributed by atoms with Crippen molar-refractivity contribution in [2.45, 2.75) is 234 Å². The number of benzene rings is 2. The molecule has 5 N–H and O–H groups in total. The van der Waals surface area contributed by atoms with Gasteiger partial charge in [0.1, 0.15) is 16.1 Å². The summed E-state index contributed by atoms with van der Waals surface area (Å²) in [6.45, 7) is 2.76. The Labute approximate surface area is 478 Å². The first-order chi connectivity index (χ1) is 38.2. The highest BCUT2D eigenvalue weighted by molar-refractivity contribution is 8.77. The summed E-state index contributed by atoms with van der Waals surface area (Å²) in [5, 5.41) is 29.9. The van der Waals surface area contributed by atoms with Crippen LogP contribution in [0.5, 0.6) is 11.5 Å². The van der Waals surface area contributed by atoms with Crippen molar-refractivity contribution in [2.24, 2.45) is 67.4 Å². The lowest BCUT2D eigenvalue weighted by Crippen LogP contribution is -2.57. The number of fused-ring (bicyclic) bond motifs is 3. The Hall–Kier alpha value is -3.53. The van der Waals surface area contributed by atoms with E-state index in [4.69, 9.17) is 20.2 Å². The second-order valence-corrected chi connectivity index (χ2v) is 31.9. The molecule has 424 valence electrons. The number of ether oxygens (including phenoxy) is 2. The molecular formula is C67H88N4O6S2. The van der Waals surface area contributed by atoms with Crippen LogP contribution in [0.1, 0.15) is 221 Å². The van der Waals surface area contributed by atoms with Crippen LogP contribution < -0.4 is 15.8 Å². The lowest BCUT2D eigenvalue weighted by molar-refractivity contribution is -0.182. The Morgan fingerprint density at radius 2 is 1.73 bits per heavy atom. The molecule has 9 saturated carbocycles. The van der Waals surface area contributed by atoms with Gasteiger partial charge in [-0.2, -0.15) is 0 Å². The molecule has 10 nitrogen and oxygen atoms in total. The highest BCUT2D eigenvalue weighted by Gasteiger charge is 2.66. The first-order valence-electron chi connectivity index (χ1n) is 31.9. The molecule has 7 aliphatic heterocycles. The number of hydrogen-bond donors (Lipinski definition) is 4. The standard InChI is InChI=1S/C67H88N4O6S2/c1-43(72)76-63-30-15-46-33-48(57(75)58-56(46)47-16-32-66(77-58)24-7-13-50(66)34-47)38-71-42-65(37-55(71)74)52(45-10-3-2-4-11-45)19-29-62(65)21-5-9-44-14-28-61(35-44)22-8-25-67(61,70-59(68)69-41-62)79-78-39-51-18-27-60(53(20-31-63)54(73)36-63)26-17-49-12-6-23-64(49,51)40-60/h2-4,10-11,33,44,47,49-54,73,75H,6-9,12-20,22-32,34-42H2,1H3,(H3,68,69,70). The van der Waals surface area contributed by atoms with Crippen LogP contribution in [0.4, 0.5) is 0 Å². The molecule has 1 saturated heterocycles. The molecular weight excluding hydrogens is 1020 g/mol. The summed E-state index contributed by atoms with van der Waals surface area (Å²) < 4.78 is 14.0. The number of carbonyl (C=O) groups is 2. The highest BCUT2D eigenvalue weighted by atomic mass is 33.1. The minimum Gasteiger partial charge on any atom is -0.504 e. The summed E-state index contributed by atoms with van der Waals surface area (Å²) >= 11 is 0. The van der Waals surface area contributed by atoms with Crippen molar-refractivity contribution >= 4 is 39.4 Å². The fourth-order valence-corrected chi connectivity index (χ4v) is 26.6. The van der Waals surface area contributed by atoms with Gasteiger partial charge >= 0.3 is 5.97 Å². The van der Waals surface area contributed by atoms with E-state index >= 15 is 4.79 Å². The van der Waals surface area contributed by atoms with Gasteiger partial charge in [0.2, 0.25) is 5.91 Å². The van der Waals surface area contributed by atoms with Crippen LogP contribution in [0, 0.1) is 68.5 Å². The van der Waals surface area contributed by atoms with Crippen molar-refractivity contribution in [3.63, 3.8) is 0 Å². The molecule has 7 spiro atoms. The van der Waals surface area contributed by atoms with Gasteiger partial charge in [-0.05, 0) is 230 Å². The number of hydrogen-bond acceptors (Lipinski definition) is 11. The number of nitrogens with one attached hydrogen (secondary N) is 1. The summed E-state index contributed by atoms with van der Waals surface area (Å²) in [4.78, 5) is 36.0. The van der Waals surface area contributed by atoms with Crippen LogP contribution in [0.3, 0.4) is 0 Å². The average Bonchev–Trinajstić information content (AvgIpc) is 3.59. The van der Waals surface area contributed by atoms with Gasteiger partial charge in [-0.15, -0.1) is 5.92 Å². The van der Waals surface area contributed by atoms with Crippen molar-refractivity contribution in [1.29, 1.82) is 0 Å². The van der Waals surface area contributed by atoms with Gasteiger partial charge in [0.25, 0.3) is 0 Å². The average molecular weight is 1110 g/mol. The van der Waals surface area contributed by atoms with Crippen LogP contribution in [0.15, 0.2) is 41.4 Å². The van der Waals surface area contributed by atoms with E-state index < -0.39 is 22.5 Å². The molecule has 10 fully saturated rings. The minimum absolute atomic E-state index is 0.0813. The fraction of sp³-hybridized carbons (Fsp3) is 0.746. The molecule has 0 aromatic heterocycles. The molecule has 1 amide bonds. The molecule has 7 heterocycles. The fourth-order valence-electron chi connectivity index (χ4n) is 22.6. The molecule has 16 aliphatic rings. The number of aromatic hydroxyl groups is 1. The molecule has 16 unspecified atom stereocenters. The zero-order valence-electron chi connectivity index (χ0n) is 47.2. The quantitative estimate of drug-likeness (QED) is 0.130. The Kier molecular flexibility index (Phi) is 12.6. The van der Waals surface area contributed by atoms with Gasteiger partial charge in [-0.3, -0.25) is 14.6 Å². The number of carbonyl (C=O) groups excluding carboxylic acids is 2. The predicted molar refractivity (Wildman–Crippen MR) is 312 cm³/mol. The summed E-state index contributed by atoms with van der Waals surface area (Å²) in [7, 11) is 4.26. The van der Waals surface area contributed by atoms with E-state index in [1.54, 1.807) is 6.92 Å². The normalized spacial score (nSPS) is 45.7. The maximum absolute atomic E-state index is 15.3. The van der Waals surface area contributed by atoms with Crippen molar-refractivity contribution < 1.29 is 29.3 Å². The maximum Gasteiger partial charge on any atom is 0.303 e. The van der Waals surface area contributed by atoms with Crippen LogP contribution in [-0.4, -0.2) is 74.0 Å². The summed E-state index contributed by atoms with van der Waals surface area (Å²) in [6.07, 6.45) is 29.2. The van der Waals surface area contributed by atoms with Crippen LogP contribution in [0.2, 0.25) is 0 Å². The van der Waals surface area contributed by atoms with Gasteiger partial charge in [0.15, 0.2) is 17.5 Å². The van der Waals surface area contributed by atoms with Crippen molar-refractivity contribution in [3.8, 4) is 23.3 Å². The molecule has 9 aliphatic carbocycles. The lowest BCUT2D eigenvalue weighted by Gasteiger charge is -2.62. The molecule has 15 bridgehead atoms. The van der Waals surface area contributed by atoms with Crippen LogP contribution in [0.25, 0.3) is 0 Å². The Morgan fingerprint density at radius 1 is 0.886 bits per heavy atom. The first kappa shape index (κ1) is 52.3. The predicted octanol–water partition coefficient (Wildman–Crippen LogP) is 13.0. The third kappa shape index (κ3) is 7.97. The maximum atomic E-state index is 15.3. The Bertz CT molecular complexity index is 2890. The molecule has 2 aromatic carbocycles. The topological polar surface area (TPSA) is 147 Å². The number of nitrogens with two attached hydrogens (primary N) is 1. The van der Waals surface area contributed by atoms with Crippen molar-refractivity contribution in [3.05, 3.63) is 58.7 Å². The number of nitrogens with zero attached hydrogens (tertiary/aromatic N) is 2. The molecule has 16 atom stereocenters. The van der Waals surface area contributed by atoms with E-state index in [9.17, 15) is 15.0 Å². The highest BCUT2D eigenvalue weighted by Crippen LogP contribution is 2.72. The van der Waals surface area contributed by atoms with E-state index in [0.717, 1.165) is 112 Å². The van der Waals surface area contributed by atoms with Gasteiger partial charge in [-0.25, -0.2) is 0 Å². The Morgan fingerprint density at radius 3 is 2.59 bits per heavy atom. The number of aliphatic imine (C=N–C) groups is 1. The van der Waals surface area contributed by atoms with E-state index in [1.165, 1.54) is 82.6 Å². The summed E-state index contributed by atoms with van der Waals surface area (Å²) in [5.74, 6) is 13.2. The second kappa shape index (κ2) is 19.0. The number of phenols is 1. The van der Waals surface area contributed by atoms with Gasteiger partial charge < -0.3 is 35.6 Å². The molecule has 79 heavy (non-hydrogen) atoms. The number of esters is 1. The third-order valence-electron chi connectivity index (χ3n) is 26.1. The van der Waals surface area contributed by atoms with E-state index in [1.807, 2.05) is 4.90 Å². The number of phenolic OH excluding ortho intramolecular Hbond substituents is 1. The van der Waals surface area contributed by atoms with E-state index in [-0.39, 0.29) is 63.2 Å². The third-order valence-corrected chi connectivity index (χ3v) is 29.4. The van der Waals surface area contributed by atoms with Crippen LogP contribution in [-0.2, 0) is 27.3 Å². The van der Waals surface area contributed by atoms with Crippen molar-refractivity contribution in [2.75, 3.05) is 18.8 Å². The minimum atomic E-state index is -0.799. The zero-order valence-corrected chi connectivity index (χ0v) is 48.9. The lowest BCUT2D eigenvalue weighted by atomic mass is 9.44. The largest absolute Gasteiger partial charge is 0.504 e. The Balaban J connectivity index is 0.863. The molecule has 0 radical (unpaired) electrons. The van der Waals surface area contributed by atoms with E-state index in [0.29, 0.717) is 73.7 Å². The summed E-state index contributed by atoms with van der Waals surface area (Å²) in [5.41, 5.74) is 9.95. The molecule has 18 rings (SSSR count). The van der Waals surface area contributed by atoms with Crippen LogP contribution >= 0.6 is 21.6 Å². The van der Waals surface area contributed by atoms with Crippen molar-refractivity contribution in [1.82, 2.24) is 10.2 Å². The van der Waals surface area contributed by atoms with Gasteiger partial charge in [0.05, 0.1) is 18.1 Å². The number of aryl methyl sites for hydroxylation is 1. The summed E-state index contributed by atoms with van der Waals surface area (Å²) in [6, 6.07) is 13.1. The van der Waals surface area contributed by atoms with Gasteiger partial charge in [-0.1, -0.05) is 64.3 Å². The first-order valence-corrected chi connectivity index (χ1v) is 34.2. The SMILES string of the molecule is CC(=O)OC12CCc3cc(c(O)c4c3C3CCC5(CCCC5C3)O4)CN3CC4(CC3=O)C(c3ccccc3)CCC43C#CCC4CCC5(CCCC5(NC(N)=NC3)SSCC3CCC5(CCC6CCCC63C5)C(CC1)C(O)C2)C4. The molecule has 2 aromatic rings. The molecule has 12 heteroatoms. The smallest absolute Gasteiger partial charge is 0.303 e. The second-order valence-electron chi connectivity index (χ2n) is 29.3. The number of rotatable bonds is 2. The zero-order chi connectivity index (χ0) is 53.6. The number of aliphatic hydroxyl groups excluding tert-OH is 1. The van der Waals surface area contributed by atoms with Gasteiger partial charge in [0, 0.05) is 67.0 Å². The van der Waals surface area contributed by atoms with E-state index in [2.05, 4.69) is 75.1 Å². The monoisotopic (exact) mass is 1110 g/mol. The number of aliphatic hydroxyl groups is 1. The number of amides is 1. The number of guanidine groups is 1.